The highest BCUT2D eigenvalue weighted by molar-refractivity contribution is 9.09. The summed E-state index contributed by atoms with van der Waals surface area (Å²) in [5.41, 5.74) is 3.87. The second-order valence-electron chi connectivity index (χ2n) is 5.54. The largest absolute Gasteiger partial charge is 0.293 e. The van der Waals surface area contributed by atoms with Crippen molar-refractivity contribution in [3.8, 4) is 0 Å². The van der Waals surface area contributed by atoms with Gasteiger partial charge in [0.05, 0.1) is 10.7 Å². The Labute approximate surface area is 153 Å². The van der Waals surface area contributed by atoms with Crippen LogP contribution in [0, 0.1) is 0 Å². The lowest BCUT2D eigenvalue weighted by atomic mass is 9.92. The fourth-order valence-electron chi connectivity index (χ4n) is 2.45. The number of hydrogen-bond donors (Lipinski definition) is 0. The van der Waals surface area contributed by atoms with Gasteiger partial charge in [0.15, 0.2) is 11.6 Å². The number of ketones is 2. The van der Waals surface area contributed by atoms with Crippen LogP contribution in [0.25, 0.3) is 0 Å². The van der Waals surface area contributed by atoms with Gasteiger partial charge in [-0.05, 0) is 23.5 Å². The zero-order valence-corrected chi connectivity index (χ0v) is 16.1. The third kappa shape index (κ3) is 4.85. The van der Waals surface area contributed by atoms with Crippen molar-refractivity contribution in [3.63, 3.8) is 0 Å². The quantitative estimate of drug-likeness (QED) is 0.441. The topological polar surface area (TPSA) is 34.1 Å². The van der Waals surface area contributed by atoms with Crippen LogP contribution >= 0.6 is 31.9 Å². The van der Waals surface area contributed by atoms with Crippen molar-refractivity contribution < 1.29 is 9.59 Å². The zero-order chi connectivity index (χ0) is 16.8. The maximum Gasteiger partial charge on any atom is 0.173 e. The number of rotatable bonds is 7. The lowest BCUT2D eigenvalue weighted by Gasteiger charge is -2.13. The van der Waals surface area contributed by atoms with Crippen LogP contribution in [0.4, 0.5) is 0 Å². The first kappa shape index (κ1) is 18.1. The van der Waals surface area contributed by atoms with Gasteiger partial charge in [-0.25, -0.2) is 0 Å². The zero-order valence-electron chi connectivity index (χ0n) is 12.9. The molecule has 0 bridgehead atoms. The Morgan fingerprint density at radius 1 is 0.826 bits per heavy atom. The minimum atomic E-state index is 0.0938. The third-order valence-corrected chi connectivity index (χ3v) is 4.88. The fraction of sp³-hybridized carbons (Fsp3) is 0.263. The van der Waals surface area contributed by atoms with Gasteiger partial charge in [0.2, 0.25) is 0 Å². The van der Waals surface area contributed by atoms with Crippen LogP contribution in [-0.4, -0.2) is 22.2 Å². The Balaban J connectivity index is 2.05. The van der Waals surface area contributed by atoms with E-state index in [2.05, 4.69) is 38.8 Å². The molecule has 0 spiro atoms. The molecule has 0 amide bonds. The Morgan fingerprint density at radius 2 is 1.26 bits per heavy atom. The lowest BCUT2D eigenvalue weighted by Crippen LogP contribution is -2.03. The number of carbonyl (C=O) groups is 2. The summed E-state index contributed by atoms with van der Waals surface area (Å²) < 4.78 is 0. The minimum Gasteiger partial charge on any atom is -0.293 e. The van der Waals surface area contributed by atoms with Gasteiger partial charge in [-0.1, -0.05) is 87.3 Å². The highest BCUT2D eigenvalue weighted by Crippen LogP contribution is 2.21. The summed E-state index contributed by atoms with van der Waals surface area (Å²) in [5.74, 6) is 0.536. The van der Waals surface area contributed by atoms with E-state index in [1.165, 1.54) is 11.1 Å². The summed E-state index contributed by atoms with van der Waals surface area (Å²) in [6, 6.07) is 15.6. The predicted molar refractivity (Wildman–Crippen MR) is 101 cm³/mol. The van der Waals surface area contributed by atoms with E-state index in [1.54, 1.807) is 0 Å². The first-order valence-corrected chi connectivity index (χ1v) is 9.66. The van der Waals surface area contributed by atoms with Crippen molar-refractivity contribution >= 4 is 43.4 Å². The summed E-state index contributed by atoms with van der Waals surface area (Å²) in [6.07, 6.45) is 0.897. The van der Waals surface area contributed by atoms with E-state index in [4.69, 9.17) is 0 Å². The predicted octanol–water partition coefficient (Wildman–Crippen LogP) is 5.19. The molecule has 0 aliphatic heterocycles. The van der Waals surface area contributed by atoms with E-state index < -0.39 is 0 Å². The molecule has 0 N–H and O–H groups in total. The van der Waals surface area contributed by atoms with Gasteiger partial charge in [-0.2, -0.15) is 0 Å². The first-order chi connectivity index (χ1) is 11.0. The number of carbonyl (C=O) groups excluding carboxylic acids is 2. The molecule has 120 valence electrons. The lowest BCUT2D eigenvalue weighted by molar-refractivity contribution is 0.101. The molecular weight excluding hydrogens is 420 g/mol. The average Bonchev–Trinajstić information content (AvgIpc) is 2.61. The molecule has 0 aromatic heterocycles. The van der Waals surface area contributed by atoms with Gasteiger partial charge in [-0.3, -0.25) is 9.59 Å². The molecule has 0 unspecified atom stereocenters. The van der Waals surface area contributed by atoms with Crippen LogP contribution in [0.1, 0.15) is 44.7 Å². The van der Waals surface area contributed by atoms with Crippen LogP contribution in [0.3, 0.4) is 0 Å². The standard InChI is InChI=1S/C19H18Br2O2/c1-13(15-6-8-17(9-7-15)19(23)12-21)10-14-2-4-16(5-3-14)18(22)11-20/h2-9,13H,10-12H2,1H3/t13-/m0/s1. The molecule has 0 radical (unpaired) electrons. The van der Waals surface area contributed by atoms with Crippen molar-refractivity contribution in [2.75, 3.05) is 10.7 Å². The monoisotopic (exact) mass is 436 g/mol. The molecule has 0 saturated heterocycles. The second-order valence-corrected chi connectivity index (χ2v) is 6.66. The van der Waals surface area contributed by atoms with Crippen LogP contribution < -0.4 is 0 Å². The van der Waals surface area contributed by atoms with E-state index in [-0.39, 0.29) is 11.6 Å². The maximum atomic E-state index is 11.6. The van der Waals surface area contributed by atoms with Gasteiger partial charge in [-0.15, -0.1) is 0 Å². The van der Waals surface area contributed by atoms with Crippen molar-refractivity contribution in [3.05, 3.63) is 70.8 Å². The number of hydrogen-bond acceptors (Lipinski definition) is 2. The minimum absolute atomic E-state index is 0.0938. The van der Waals surface area contributed by atoms with E-state index in [0.29, 0.717) is 16.6 Å². The fourth-order valence-corrected chi connectivity index (χ4v) is 3.10. The molecular formula is C19H18Br2O2. The van der Waals surface area contributed by atoms with Crippen LogP contribution in [0.5, 0.6) is 0 Å². The first-order valence-electron chi connectivity index (χ1n) is 7.42. The van der Waals surface area contributed by atoms with Crippen LogP contribution in [0.2, 0.25) is 0 Å². The Kier molecular flexibility index (Phi) is 6.72. The SMILES string of the molecule is C[C@@H](Cc1ccc(C(=O)CBr)cc1)c1ccc(C(=O)CBr)cc1. The molecule has 0 aliphatic rings. The van der Waals surface area contributed by atoms with E-state index >= 15 is 0 Å². The summed E-state index contributed by atoms with van der Waals surface area (Å²) in [4.78, 5) is 23.2. The molecule has 0 aliphatic carbocycles. The van der Waals surface area contributed by atoms with Crippen molar-refractivity contribution in [1.82, 2.24) is 0 Å². The van der Waals surface area contributed by atoms with Crippen molar-refractivity contribution in [2.24, 2.45) is 0 Å². The molecule has 1 atom stereocenters. The molecule has 0 heterocycles. The van der Waals surface area contributed by atoms with Gasteiger partial charge >= 0.3 is 0 Å². The number of alkyl halides is 2. The maximum absolute atomic E-state index is 11.6. The molecule has 2 rings (SSSR count). The summed E-state index contributed by atoms with van der Waals surface area (Å²) in [7, 11) is 0. The Morgan fingerprint density at radius 3 is 1.70 bits per heavy atom. The average molecular weight is 438 g/mol. The summed E-state index contributed by atoms with van der Waals surface area (Å²) >= 11 is 6.37. The highest BCUT2D eigenvalue weighted by Gasteiger charge is 2.10. The second kappa shape index (κ2) is 8.55. The van der Waals surface area contributed by atoms with Gasteiger partial charge in [0.25, 0.3) is 0 Å². The Hall–Kier alpha value is -1.26. The smallest absolute Gasteiger partial charge is 0.173 e. The van der Waals surface area contributed by atoms with E-state index in [9.17, 15) is 9.59 Å². The van der Waals surface area contributed by atoms with Crippen molar-refractivity contribution in [2.45, 2.75) is 19.3 Å². The number of Topliss-reactive ketones (excluding diaryl/α,β-unsaturated/α-hetero) is 2. The van der Waals surface area contributed by atoms with Gasteiger partial charge < -0.3 is 0 Å². The Bertz CT molecular complexity index is 676. The van der Waals surface area contributed by atoms with Crippen molar-refractivity contribution in [1.29, 1.82) is 0 Å². The summed E-state index contributed by atoms with van der Waals surface area (Å²) in [5, 5.41) is 0.698. The van der Waals surface area contributed by atoms with Gasteiger partial charge in [0.1, 0.15) is 0 Å². The molecule has 2 aromatic carbocycles. The van der Waals surface area contributed by atoms with Gasteiger partial charge in [0, 0.05) is 11.1 Å². The normalized spacial score (nSPS) is 12.0. The molecule has 0 fully saturated rings. The van der Waals surface area contributed by atoms with E-state index in [1.807, 2.05) is 48.5 Å². The third-order valence-electron chi connectivity index (χ3n) is 3.86. The molecule has 0 saturated carbocycles. The molecule has 2 nitrogen and oxygen atoms in total. The highest BCUT2D eigenvalue weighted by atomic mass is 79.9. The van der Waals surface area contributed by atoms with Crippen LogP contribution in [-0.2, 0) is 6.42 Å². The number of benzene rings is 2. The molecule has 23 heavy (non-hydrogen) atoms. The van der Waals surface area contributed by atoms with Crippen LogP contribution in [0.15, 0.2) is 48.5 Å². The van der Waals surface area contributed by atoms with E-state index in [0.717, 1.165) is 17.5 Å². The molecule has 4 heteroatoms. The molecule has 2 aromatic rings. The summed E-state index contributed by atoms with van der Waals surface area (Å²) in [6.45, 7) is 2.17. The number of halogens is 2.